The number of aromatic amines is 2. The molecule has 0 radical (unpaired) electrons. The molecule has 7 nitrogen and oxygen atoms in total. The maximum Gasteiger partial charge on any atom is 0.273 e. The van der Waals surface area contributed by atoms with E-state index in [1.807, 2.05) is 0 Å². The van der Waals surface area contributed by atoms with Crippen LogP contribution in [0.5, 0.6) is 0 Å². The molecule has 2 N–H and O–H groups in total. The smallest absolute Gasteiger partial charge is 0.273 e. The second kappa shape index (κ2) is 12.2. The van der Waals surface area contributed by atoms with Crippen molar-refractivity contribution in [2.45, 2.75) is 75.9 Å². The Morgan fingerprint density at radius 1 is 0.880 bits per heavy atom. The number of hydrogen-bond donors (Lipinski definition) is 2. The number of sulfone groups is 1. The fourth-order valence-corrected chi connectivity index (χ4v) is 3.15. The molecule has 9 heteroatoms. The van der Waals surface area contributed by atoms with Crippen LogP contribution in [0.25, 0.3) is 0 Å². The van der Waals surface area contributed by atoms with Crippen LogP contribution in [0.3, 0.4) is 0 Å². The Bertz CT molecular complexity index is 587. The average molecular weight is 437 g/mol. The minimum Gasteiger partial charge on any atom is -0.375 e. The second-order valence-electron chi connectivity index (χ2n) is 5.31. The van der Waals surface area contributed by atoms with Gasteiger partial charge >= 0.3 is 0 Å². The Hall–Kier alpha value is -1.19. The van der Waals surface area contributed by atoms with Gasteiger partial charge in [-0.15, -0.1) is 17.0 Å². The van der Waals surface area contributed by atoms with Gasteiger partial charge in [0.1, 0.15) is 0 Å². The van der Waals surface area contributed by atoms with E-state index < -0.39 is 9.84 Å². The molecule has 144 valence electrons. The average Bonchev–Trinajstić information content (AvgIpc) is 3.30. The van der Waals surface area contributed by atoms with Gasteiger partial charge < -0.3 is 14.7 Å². The van der Waals surface area contributed by atoms with E-state index in [0.717, 1.165) is 25.7 Å². The Kier molecular flexibility index (Phi) is 11.6. The highest BCUT2D eigenvalue weighted by molar-refractivity contribution is 8.93. The van der Waals surface area contributed by atoms with Gasteiger partial charge in [0, 0.05) is 24.8 Å². The topological polar surface area (TPSA) is 101 Å². The third kappa shape index (κ3) is 7.29. The molecule has 0 unspecified atom stereocenters. The van der Waals surface area contributed by atoms with E-state index in [0.29, 0.717) is 12.2 Å². The molecule has 0 atom stereocenters. The molecule has 0 aliphatic heterocycles. The number of aromatic nitrogens is 4. The number of hydrogen-bond acceptors (Lipinski definition) is 5. The Morgan fingerprint density at radius 3 is 1.48 bits per heavy atom. The fraction of sp³-hybridized carbons (Fsp3) is 0.625. The summed E-state index contributed by atoms with van der Waals surface area (Å²) < 4.78 is 29.0. The highest BCUT2D eigenvalue weighted by Gasteiger charge is 2.22. The summed E-state index contributed by atoms with van der Waals surface area (Å²) in [6.07, 6.45) is 11.2. The lowest BCUT2D eigenvalue weighted by Crippen LogP contribution is -2.19. The van der Waals surface area contributed by atoms with Gasteiger partial charge in [-0.3, -0.25) is 0 Å². The van der Waals surface area contributed by atoms with Gasteiger partial charge in [0.15, 0.2) is 0 Å². The summed E-state index contributed by atoms with van der Waals surface area (Å²) in [5.74, 6) is 0. The van der Waals surface area contributed by atoms with Gasteiger partial charge in [-0.1, -0.05) is 27.7 Å². The largest absolute Gasteiger partial charge is 0.375 e. The molecule has 0 amide bonds. The third-order valence-electron chi connectivity index (χ3n) is 3.66. The van der Waals surface area contributed by atoms with Crippen LogP contribution in [-0.4, -0.2) is 40.6 Å². The minimum atomic E-state index is -3.59. The van der Waals surface area contributed by atoms with Gasteiger partial charge in [0.2, 0.25) is 10.3 Å². The number of halogens is 1. The zero-order valence-corrected chi connectivity index (χ0v) is 17.8. The van der Waals surface area contributed by atoms with Gasteiger partial charge in [-0.05, 0) is 25.7 Å². The van der Waals surface area contributed by atoms with E-state index >= 15 is 0 Å². The van der Waals surface area contributed by atoms with Crippen molar-refractivity contribution in [1.82, 2.24) is 19.9 Å². The van der Waals surface area contributed by atoms with E-state index in [4.69, 9.17) is 4.74 Å². The maximum absolute atomic E-state index is 11.6. The summed E-state index contributed by atoms with van der Waals surface area (Å²) in [6, 6.07) is 0. The van der Waals surface area contributed by atoms with Crippen molar-refractivity contribution in [2.75, 3.05) is 0 Å². The molecule has 25 heavy (non-hydrogen) atoms. The quantitative estimate of drug-likeness (QED) is 0.652. The van der Waals surface area contributed by atoms with Crippen molar-refractivity contribution in [3.8, 4) is 0 Å². The molecule has 0 aliphatic carbocycles. The zero-order chi connectivity index (χ0) is 18.0. The van der Waals surface area contributed by atoms with Gasteiger partial charge in [-0.25, -0.2) is 18.4 Å². The number of nitrogens with one attached hydrogen (secondary N) is 2. The van der Waals surface area contributed by atoms with Crippen molar-refractivity contribution < 1.29 is 13.2 Å². The molecule has 0 bridgehead atoms. The lowest BCUT2D eigenvalue weighted by atomic mass is 10.2. The lowest BCUT2D eigenvalue weighted by molar-refractivity contribution is -0.0188. The SMILES string of the molecule is Br.CCC(CC)OC(CC)CC.O=S(=O)(c1ncc[nH]1)c1ncc[nH]1. The molecule has 0 spiro atoms. The highest BCUT2D eigenvalue weighted by atomic mass is 79.9. The van der Waals surface area contributed by atoms with Gasteiger partial charge in [0.05, 0.1) is 12.2 Å². The van der Waals surface area contributed by atoms with E-state index in [9.17, 15) is 8.42 Å². The molecule has 0 aromatic carbocycles. The van der Waals surface area contributed by atoms with E-state index in [1.165, 1.54) is 24.8 Å². The Morgan fingerprint density at radius 2 is 1.24 bits per heavy atom. The van der Waals surface area contributed by atoms with Crippen molar-refractivity contribution in [3.63, 3.8) is 0 Å². The number of ether oxygens (including phenoxy) is 1. The lowest BCUT2D eigenvalue weighted by Gasteiger charge is -2.20. The number of nitrogens with zero attached hydrogens (tertiary/aromatic N) is 2. The first-order valence-electron chi connectivity index (χ1n) is 8.38. The number of imidazole rings is 2. The Labute approximate surface area is 160 Å². The molecule has 2 aromatic rings. The summed E-state index contributed by atoms with van der Waals surface area (Å²) >= 11 is 0. The van der Waals surface area contributed by atoms with Crippen molar-refractivity contribution in [2.24, 2.45) is 0 Å². The monoisotopic (exact) mass is 436 g/mol. The predicted octanol–water partition coefficient (Wildman–Crippen LogP) is 3.92. The normalized spacial score (nSPS) is 11.1. The van der Waals surface area contributed by atoms with Crippen LogP contribution in [0.1, 0.15) is 53.4 Å². The minimum absolute atomic E-state index is 0. The molecule has 2 rings (SSSR count). The first-order valence-corrected chi connectivity index (χ1v) is 9.87. The fourth-order valence-electron chi connectivity index (χ4n) is 2.12. The van der Waals surface area contributed by atoms with Crippen LogP contribution in [0.2, 0.25) is 0 Å². The van der Waals surface area contributed by atoms with E-state index in [2.05, 4.69) is 47.6 Å². The first kappa shape index (κ1) is 23.8. The molecule has 0 saturated heterocycles. The van der Waals surface area contributed by atoms with Crippen LogP contribution in [0.4, 0.5) is 0 Å². The zero-order valence-electron chi connectivity index (χ0n) is 15.2. The van der Waals surface area contributed by atoms with E-state index in [-0.39, 0.29) is 27.3 Å². The third-order valence-corrected chi connectivity index (χ3v) is 5.13. The standard InChI is InChI=1S/C10H22O.C6H6N4O2S.BrH/c1-5-9(6-2)11-10(7-3)8-4;11-13(12,5-7-1-2-8-5)6-9-3-4-10-6;/h9-10H,5-8H2,1-4H3;1-4H,(H,7,8)(H,9,10);1H. The van der Waals surface area contributed by atoms with Gasteiger partial charge in [-0.2, -0.15) is 0 Å². The summed E-state index contributed by atoms with van der Waals surface area (Å²) in [7, 11) is -3.59. The van der Waals surface area contributed by atoms with Gasteiger partial charge in [0.25, 0.3) is 9.84 Å². The molecule has 0 saturated carbocycles. The molecule has 0 aliphatic rings. The summed E-state index contributed by atoms with van der Waals surface area (Å²) in [4.78, 5) is 12.3. The predicted molar refractivity (Wildman–Crippen MR) is 103 cm³/mol. The van der Waals surface area contributed by atoms with E-state index in [1.54, 1.807) is 0 Å². The summed E-state index contributed by atoms with van der Waals surface area (Å²) in [5, 5.41) is -0.218. The number of H-pyrrole nitrogens is 2. The maximum atomic E-state index is 11.6. The molecular formula is C16H29BrN4O3S. The van der Waals surface area contributed by atoms with Crippen molar-refractivity contribution in [3.05, 3.63) is 24.8 Å². The first-order chi connectivity index (χ1) is 11.5. The highest BCUT2D eigenvalue weighted by Crippen LogP contribution is 2.12. The van der Waals surface area contributed by atoms with Crippen LogP contribution < -0.4 is 0 Å². The summed E-state index contributed by atoms with van der Waals surface area (Å²) in [5.41, 5.74) is 0. The number of rotatable bonds is 8. The molecule has 2 aromatic heterocycles. The molecule has 0 fully saturated rings. The van der Waals surface area contributed by atoms with Crippen LogP contribution in [0.15, 0.2) is 35.1 Å². The van der Waals surface area contributed by atoms with Crippen LogP contribution in [-0.2, 0) is 14.6 Å². The van der Waals surface area contributed by atoms with Crippen LogP contribution in [0, 0.1) is 0 Å². The van der Waals surface area contributed by atoms with Crippen LogP contribution >= 0.6 is 17.0 Å². The van der Waals surface area contributed by atoms with Crippen molar-refractivity contribution in [1.29, 1.82) is 0 Å². The molecular weight excluding hydrogens is 408 g/mol. The van der Waals surface area contributed by atoms with Crippen molar-refractivity contribution >= 4 is 26.8 Å². The summed E-state index contributed by atoms with van der Waals surface area (Å²) in [6.45, 7) is 8.76. The molecule has 2 heterocycles. The second-order valence-corrected chi connectivity index (χ2v) is 7.09. The Balaban J connectivity index is 0.000000451.